The summed E-state index contributed by atoms with van der Waals surface area (Å²) in [5.41, 5.74) is 1.75. The van der Waals surface area contributed by atoms with Crippen LogP contribution in [0.5, 0.6) is 0 Å². The third kappa shape index (κ3) is 4.00. The van der Waals surface area contributed by atoms with E-state index in [1.54, 1.807) is 6.07 Å². The highest BCUT2D eigenvalue weighted by Gasteiger charge is 2.14. The smallest absolute Gasteiger partial charge is 0.124 e. The minimum absolute atomic E-state index is 0.290. The average molecular weight is 500 g/mol. The Hall–Kier alpha value is 0.0200. The highest BCUT2D eigenvalue weighted by atomic mass is 127. The van der Waals surface area contributed by atoms with Crippen molar-refractivity contribution in [2.75, 3.05) is 0 Å². The van der Waals surface area contributed by atoms with Gasteiger partial charge >= 0.3 is 0 Å². The molecule has 0 bridgehead atoms. The van der Waals surface area contributed by atoms with Gasteiger partial charge in [-0.05, 0) is 64.0 Å². The van der Waals surface area contributed by atoms with Gasteiger partial charge in [-0.2, -0.15) is 0 Å². The van der Waals surface area contributed by atoms with E-state index in [1.807, 2.05) is 18.2 Å². The summed E-state index contributed by atoms with van der Waals surface area (Å²) in [7, 11) is 0. The van der Waals surface area contributed by atoms with Gasteiger partial charge in [0.05, 0.1) is 6.10 Å². The molecule has 1 N–H and O–H groups in total. The number of hydrogen-bond donors (Lipinski definition) is 1. The maximum absolute atomic E-state index is 13.0. The van der Waals surface area contributed by atoms with Crippen molar-refractivity contribution >= 4 is 54.5 Å². The zero-order valence-electron chi connectivity index (χ0n) is 9.71. The molecule has 1 unspecified atom stereocenters. The van der Waals surface area contributed by atoms with Gasteiger partial charge in [-0.3, -0.25) is 0 Å². The quantitative estimate of drug-likeness (QED) is 0.573. The molecule has 0 saturated heterocycles. The average Bonchev–Trinajstić information content (AvgIpc) is 2.35. The summed E-state index contributed by atoms with van der Waals surface area (Å²) in [6, 6.07) is 10.3. The summed E-state index contributed by atoms with van der Waals surface area (Å²) >= 11 is 8.92. The molecular weight excluding hydrogens is 490 g/mol. The number of aliphatic hydroxyl groups excluding tert-OH is 1. The molecule has 0 spiro atoms. The van der Waals surface area contributed by atoms with Crippen LogP contribution in [0.25, 0.3) is 0 Å². The van der Waals surface area contributed by atoms with E-state index in [-0.39, 0.29) is 5.82 Å². The summed E-state index contributed by atoms with van der Waals surface area (Å²) in [6.45, 7) is 0. The topological polar surface area (TPSA) is 20.2 Å². The fraction of sp³-hybridized carbons (Fsp3) is 0.143. The normalized spacial score (nSPS) is 12.5. The van der Waals surface area contributed by atoms with Crippen molar-refractivity contribution in [1.29, 1.82) is 0 Å². The van der Waals surface area contributed by atoms with Crippen LogP contribution in [0.2, 0.25) is 0 Å². The van der Waals surface area contributed by atoms with Crippen LogP contribution in [-0.4, -0.2) is 5.11 Å². The maximum Gasteiger partial charge on any atom is 0.124 e. The molecular formula is C14H10Br2FIO. The number of aliphatic hydroxyl groups is 1. The molecule has 2 rings (SSSR count). The molecule has 0 amide bonds. The van der Waals surface area contributed by atoms with Crippen LogP contribution in [0.1, 0.15) is 17.2 Å². The highest BCUT2D eigenvalue weighted by Crippen LogP contribution is 2.29. The largest absolute Gasteiger partial charge is 0.388 e. The lowest BCUT2D eigenvalue weighted by molar-refractivity contribution is 0.177. The summed E-state index contributed by atoms with van der Waals surface area (Å²) < 4.78 is 15.6. The number of hydrogen-bond acceptors (Lipinski definition) is 1. The first-order valence-corrected chi connectivity index (χ1v) is 8.21. The Morgan fingerprint density at radius 3 is 2.58 bits per heavy atom. The van der Waals surface area contributed by atoms with Crippen LogP contribution >= 0.6 is 54.5 Å². The standard InChI is InChI=1S/C14H10Br2FIO/c15-9-2-4-13(18)11(6-9)14(19)5-8-1-3-10(17)7-12(8)16/h1-4,6-7,14,19H,5H2. The molecule has 2 aromatic carbocycles. The summed E-state index contributed by atoms with van der Waals surface area (Å²) in [5, 5.41) is 10.3. The zero-order chi connectivity index (χ0) is 14.0. The molecule has 0 fully saturated rings. The predicted molar refractivity (Wildman–Crippen MR) is 89.6 cm³/mol. The van der Waals surface area contributed by atoms with E-state index < -0.39 is 6.10 Å². The molecule has 5 heteroatoms. The van der Waals surface area contributed by atoms with Crippen molar-refractivity contribution in [1.82, 2.24) is 0 Å². The van der Waals surface area contributed by atoms with E-state index in [0.29, 0.717) is 10.9 Å². The van der Waals surface area contributed by atoms with Crippen molar-refractivity contribution in [3.05, 3.63) is 65.9 Å². The number of rotatable bonds is 3. The molecule has 1 atom stereocenters. The lowest BCUT2D eigenvalue weighted by atomic mass is 10.0. The molecule has 100 valence electrons. The first-order chi connectivity index (χ1) is 8.97. The van der Waals surface area contributed by atoms with Gasteiger partial charge in [0, 0.05) is 18.9 Å². The van der Waals surface area contributed by atoms with Gasteiger partial charge < -0.3 is 5.11 Å². The Bertz CT molecular complexity index is 604. The highest BCUT2D eigenvalue weighted by molar-refractivity contribution is 14.1. The Balaban J connectivity index is 2.25. The lowest BCUT2D eigenvalue weighted by Crippen LogP contribution is -2.04. The second kappa shape index (κ2) is 6.65. The minimum atomic E-state index is -0.619. The second-order valence-electron chi connectivity index (χ2n) is 4.12. The van der Waals surface area contributed by atoms with Crippen molar-refractivity contribution in [3.8, 4) is 0 Å². The summed E-state index contributed by atoms with van der Waals surface area (Å²) in [6.07, 6.45) is -0.181. The van der Waals surface area contributed by atoms with Crippen molar-refractivity contribution in [3.63, 3.8) is 0 Å². The fourth-order valence-electron chi connectivity index (χ4n) is 1.78. The first-order valence-electron chi connectivity index (χ1n) is 5.54. The molecule has 0 aromatic heterocycles. The van der Waals surface area contributed by atoms with Gasteiger partial charge in [-0.1, -0.05) is 37.9 Å². The molecule has 19 heavy (non-hydrogen) atoms. The van der Waals surface area contributed by atoms with E-state index in [1.165, 1.54) is 12.1 Å². The van der Waals surface area contributed by atoms with E-state index in [2.05, 4.69) is 54.5 Å². The Labute approximate surface area is 141 Å². The van der Waals surface area contributed by atoms with Gasteiger partial charge in [0.25, 0.3) is 0 Å². The van der Waals surface area contributed by atoms with Crippen LogP contribution in [0.3, 0.4) is 0 Å². The van der Waals surface area contributed by atoms with Crippen LogP contribution < -0.4 is 0 Å². The molecule has 0 saturated carbocycles. The van der Waals surface area contributed by atoms with Gasteiger partial charge in [0.2, 0.25) is 0 Å². The van der Waals surface area contributed by atoms with Gasteiger partial charge in [-0.15, -0.1) is 0 Å². The summed E-state index contributed by atoms with van der Waals surface area (Å²) in [5.74, 6) is -0.290. The molecule has 2 aromatic rings. The summed E-state index contributed by atoms with van der Waals surface area (Å²) in [4.78, 5) is 0. The van der Waals surface area contributed by atoms with Gasteiger partial charge in [0.15, 0.2) is 0 Å². The monoisotopic (exact) mass is 498 g/mol. The molecule has 0 aliphatic carbocycles. The van der Waals surface area contributed by atoms with E-state index >= 15 is 0 Å². The van der Waals surface area contributed by atoms with E-state index in [4.69, 9.17) is 0 Å². The second-order valence-corrected chi connectivity index (χ2v) is 7.05. The van der Waals surface area contributed by atoms with Crippen LogP contribution in [0.4, 0.5) is 4.39 Å². The van der Waals surface area contributed by atoms with E-state index in [0.717, 1.165) is 19.2 Å². The molecule has 0 radical (unpaired) electrons. The Morgan fingerprint density at radius 2 is 1.89 bits per heavy atom. The third-order valence-electron chi connectivity index (χ3n) is 2.75. The minimum Gasteiger partial charge on any atom is -0.388 e. The van der Waals surface area contributed by atoms with Gasteiger partial charge in [-0.25, -0.2) is 4.39 Å². The SMILES string of the molecule is OC(Cc1ccc(F)cc1Br)c1cc(Br)ccc1I. The Morgan fingerprint density at radius 1 is 1.16 bits per heavy atom. The molecule has 0 heterocycles. The van der Waals surface area contributed by atoms with Crippen molar-refractivity contribution in [2.24, 2.45) is 0 Å². The molecule has 1 nitrogen and oxygen atoms in total. The first kappa shape index (κ1) is 15.4. The van der Waals surface area contributed by atoms with Crippen molar-refractivity contribution < 1.29 is 9.50 Å². The predicted octanol–water partition coefficient (Wildman–Crippen LogP) is 5.23. The van der Waals surface area contributed by atoms with Crippen LogP contribution in [-0.2, 0) is 6.42 Å². The molecule has 0 aliphatic heterocycles. The Kier molecular flexibility index (Phi) is 5.39. The number of benzene rings is 2. The fourth-order valence-corrected chi connectivity index (χ4v) is 3.36. The molecule has 0 aliphatic rings. The van der Waals surface area contributed by atoms with Crippen molar-refractivity contribution in [2.45, 2.75) is 12.5 Å². The lowest BCUT2D eigenvalue weighted by Gasteiger charge is -2.14. The third-order valence-corrected chi connectivity index (χ3v) is 4.96. The van der Waals surface area contributed by atoms with Gasteiger partial charge in [0.1, 0.15) is 5.82 Å². The number of halogens is 4. The zero-order valence-corrected chi connectivity index (χ0v) is 15.0. The van der Waals surface area contributed by atoms with Crippen LogP contribution in [0.15, 0.2) is 45.3 Å². The maximum atomic E-state index is 13.0. The van der Waals surface area contributed by atoms with E-state index in [9.17, 15) is 9.50 Å². The van der Waals surface area contributed by atoms with Crippen LogP contribution in [0, 0.1) is 9.39 Å².